The van der Waals surface area contributed by atoms with Gasteiger partial charge in [0, 0.05) is 0 Å². The van der Waals surface area contributed by atoms with Gasteiger partial charge in [-0.1, -0.05) is 38.1 Å². The molecule has 2 rings (SSSR count). The van der Waals surface area contributed by atoms with E-state index >= 15 is 0 Å². The van der Waals surface area contributed by atoms with Gasteiger partial charge in [0.1, 0.15) is 24.7 Å². The van der Waals surface area contributed by atoms with Crippen molar-refractivity contribution in [1.82, 2.24) is 0 Å². The van der Waals surface area contributed by atoms with E-state index < -0.39 is 0 Å². The summed E-state index contributed by atoms with van der Waals surface area (Å²) in [6.45, 7) is 5.40. The average molecular weight is 270 g/mol. The lowest BCUT2D eigenvalue weighted by Gasteiger charge is -2.10. The molecule has 2 aromatic rings. The Morgan fingerprint density at radius 2 is 1.15 bits per heavy atom. The molecule has 0 aliphatic heterocycles. The van der Waals surface area contributed by atoms with Crippen LogP contribution in [0.2, 0.25) is 0 Å². The van der Waals surface area contributed by atoms with Gasteiger partial charge in [-0.15, -0.1) is 0 Å². The van der Waals surface area contributed by atoms with Crippen molar-refractivity contribution in [2.45, 2.75) is 26.7 Å². The van der Waals surface area contributed by atoms with E-state index in [2.05, 4.69) is 38.1 Å². The Kier molecular flexibility index (Phi) is 5.48. The summed E-state index contributed by atoms with van der Waals surface area (Å²) in [6, 6.07) is 16.4. The Morgan fingerprint density at radius 1 is 0.700 bits per heavy atom. The zero-order chi connectivity index (χ0) is 14.2. The maximum atomic E-state index is 5.70. The molecule has 20 heavy (non-hydrogen) atoms. The number of hydrogen-bond acceptors (Lipinski definition) is 2. The first-order valence-electron chi connectivity index (χ1n) is 7.25. The molecule has 0 unspecified atom stereocenters. The van der Waals surface area contributed by atoms with E-state index in [0.29, 0.717) is 13.2 Å². The molecule has 0 saturated carbocycles. The minimum atomic E-state index is 0.559. The summed E-state index contributed by atoms with van der Waals surface area (Å²) in [4.78, 5) is 0. The quantitative estimate of drug-likeness (QED) is 0.699. The van der Waals surface area contributed by atoms with Gasteiger partial charge in [-0.2, -0.15) is 0 Å². The van der Waals surface area contributed by atoms with Crippen LogP contribution < -0.4 is 9.47 Å². The zero-order valence-corrected chi connectivity index (χ0v) is 12.3. The van der Waals surface area contributed by atoms with Crippen LogP contribution >= 0.6 is 0 Å². The number of aryl methyl sites for hydroxylation is 2. The van der Waals surface area contributed by atoms with Gasteiger partial charge in [-0.25, -0.2) is 0 Å². The Morgan fingerprint density at radius 3 is 1.55 bits per heavy atom. The Hall–Kier alpha value is -1.96. The second kappa shape index (κ2) is 7.59. The van der Waals surface area contributed by atoms with Crippen molar-refractivity contribution in [1.29, 1.82) is 0 Å². The molecular formula is C18H22O2. The van der Waals surface area contributed by atoms with Gasteiger partial charge in [0.05, 0.1) is 0 Å². The van der Waals surface area contributed by atoms with Crippen molar-refractivity contribution in [2.75, 3.05) is 13.2 Å². The Balaban J connectivity index is 1.78. The third kappa shape index (κ3) is 4.30. The molecule has 0 aromatic heterocycles. The lowest BCUT2D eigenvalue weighted by atomic mass is 10.2. The normalized spacial score (nSPS) is 10.3. The number of ether oxygens (including phenoxy) is 2. The van der Waals surface area contributed by atoms with Crippen molar-refractivity contribution in [3.05, 3.63) is 59.7 Å². The fraction of sp³-hybridized carbons (Fsp3) is 0.333. The lowest BCUT2D eigenvalue weighted by molar-refractivity contribution is 0.217. The van der Waals surface area contributed by atoms with E-state index in [1.54, 1.807) is 0 Å². The van der Waals surface area contributed by atoms with Crippen LogP contribution in [0.5, 0.6) is 11.5 Å². The van der Waals surface area contributed by atoms with Crippen LogP contribution in [0.1, 0.15) is 25.0 Å². The van der Waals surface area contributed by atoms with Gasteiger partial charge in [0.15, 0.2) is 0 Å². The minimum Gasteiger partial charge on any atom is -0.490 e. The second-order valence-electron chi connectivity index (χ2n) is 4.70. The highest BCUT2D eigenvalue weighted by Crippen LogP contribution is 2.15. The first-order chi connectivity index (χ1) is 9.81. The second-order valence-corrected chi connectivity index (χ2v) is 4.70. The van der Waals surface area contributed by atoms with Crippen molar-refractivity contribution in [2.24, 2.45) is 0 Å². The highest BCUT2D eigenvalue weighted by atomic mass is 16.5. The molecule has 0 N–H and O–H groups in total. The van der Waals surface area contributed by atoms with Gasteiger partial charge in [0.25, 0.3) is 0 Å². The predicted octanol–water partition coefficient (Wildman–Crippen LogP) is 4.27. The number of rotatable bonds is 7. The summed E-state index contributed by atoms with van der Waals surface area (Å²) in [6.07, 6.45) is 2.05. The first kappa shape index (κ1) is 14.4. The lowest BCUT2D eigenvalue weighted by Crippen LogP contribution is -2.09. The molecule has 0 radical (unpaired) electrons. The van der Waals surface area contributed by atoms with E-state index in [9.17, 15) is 0 Å². The summed E-state index contributed by atoms with van der Waals surface area (Å²) < 4.78 is 11.4. The van der Waals surface area contributed by atoms with E-state index in [1.807, 2.05) is 24.3 Å². The van der Waals surface area contributed by atoms with Crippen LogP contribution in [0.25, 0.3) is 0 Å². The third-order valence-electron chi connectivity index (χ3n) is 3.23. The van der Waals surface area contributed by atoms with Gasteiger partial charge in [-0.3, -0.25) is 0 Å². The Labute approximate surface area is 121 Å². The van der Waals surface area contributed by atoms with Crippen molar-refractivity contribution in [3.8, 4) is 11.5 Å². The largest absolute Gasteiger partial charge is 0.490 e. The summed E-state index contributed by atoms with van der Waals surface area (Å²) in [5.74, 6) is 1.82. The molecule has 2 heteroatoms. The maximum Gasteiger partial charge on any atom is 0.122 e. The van der Waals surface area contributed by atoms with Crippen LogP contribution in [-0.4, -0.2) is 13.2 Å². The fourth-order valence-electron chi connectivity index (χ4n) is 2.03. The van der Waals surface area contributed by atoms with Crippen LogP contribution in [-0.2, 0) is 12.8 Å². The van der Waals surface area contributed by atoms with Gasteiger partial charge in [0.2, 0.25) is 0 Å². The predicted molar refractivity (Wildman–Crippen MR) is 82.6 cm³/mol. The molecule has 2 aromatic carbocycles. The van der Waals surface area contributed by atoms with Gasteiger partial charge < -0.3 is 9.47 Å². The van der Waals surface area contributed by atoms with Crippen molar-refractivity contribution >= 4 is 0 Å². The van der Waals surface area contributed by atoms with Crippen LogP contribution in [0, 0.1) is 0 Å². The average Bonchev–Trinajstić information content (AvgIpc) is 2.52. The summed E-state index contributed by atoms with van der Waals surface area (Å²) in [5, 5.41) is 0. The van der Waals surface area contributed by atoms with E-state index in [1.165, 1.54) is 11.1 Å². The third-order valence-corrected chi connectivity index (χ3v) is 3.23. The van der Waals surface area contributed by atoms with Crippen LogP contribution in [0.4, 0.5) is 0 Å². The molecule has 2 nitrogen and oxygen atoms in total. The van der Waals surface area contributed by atoms with Crippen molar-refractivity contribution in [3.63, 3.8) is 0 Å². The number of benzene rings is 2. The summed E-state index contributed by atoms with van der Waals surface area (Å²) >= 11 is 0. The molecule has 0 heterocycles. The molecule has 0 aliphatic carbocycles. The molecule has 0 spiro atoms. The minimum absolute atomic E-state index is 0.559. The SMILES string of the molecule is CCc1cccc(OCCOc2cccc(CC)c2)c1. The maximum absolute atomic E-state index is 5.70. The standard InChI is InChI=1S/C18H22O2/c1-3-15-7-5-9-17(13-15)19-11-12-20-18-10-6-8-16(4-2)14-18/h5-10,13-14H,3-4,11-12H2,1-2H3. The van der Waals surface area contributed by atoms with Crippen LogP contribution in [0.3, 0.4) is 0 Å². The molecule has 0 bridgehead atoms. The highest BCUT2D eigenvalue weighted by Gasteiger charge is 1.98. The molecule has 0 aliphatic rings. The van der Waals surface area contributed by atoms with E-state index in [-0.39, 0.29) is 0 Å². The molecule has 106 valence electrons. The zero-order valence-electron chi connectivity index (χ0n) is 12.3. The Bertz CT molecular complexity index is 485. The fourth-order valence-corrected chi connectivity index (χ4v) is 2.03. The molecule has 0 fully saturated rings. The van der Waals surface area contributed by atoms with Gasteiger partial charge in [-0.05, 0) is 48.2 Å². The molecule has 0 saturated heterocycles. The highest BCUT2D eigenvalue weighted by molar-refractivity contribution is 5.29. The molecule has 0 atom stereocenters. The van der Waals surface area contributed by atoms with E-state index in [4.69, 9.17) is 9.47 Å². The summed E-state index contributed by atoms with van der Waals surface area (Å²) in [5.41, 5.74) is 2.58. The first-order valence-corrected chi connectivity index (χ1v) is 7.25. The molecular weight excluding hydrogens is 248 g/mol. The van der Waals surface area contributed by atoms with E-state index in [0.717, 1.165) is 24.3 Å². The monoisotopic (exact) mass is 270 g/mol. The summed E-state index contributed by atoms with van der Waals surface area (Å²) in [7, 11) is 0. The van der Waals surface area contributed by atoms with Crippen molar-refractivity contribution < 1.29 is 9.47 Å². The van der Waals surface area contributed by atoms with Gasteiger partial charge >= 0.3 is 0 Å². The molecule has 0 amide bonds. The number of hydrogen-bond donors (Lipinski definition) is 0. The topological polar surface area (TPSA) is 18.5 Å². The van der Waals surface area contributed by atoms with Crippen LogP contribution in [0.15, 0.2) is 48.5 Å². The smallest absolute Gasteiger partial charge is 0.122 e.